The lowest BCUT2D eigenvalue weighted by molar-refractivity contribution is 0.514. The lowest BCUT2D eigenvalue weighted by Crippen LogP contribution is -2.22. The van der Waals surface area contributed by atoms with Crippen molar-refractivity contribution in [2.45, 2.75) is 19.8 Å². The molecule has 0 aliphatic carbocycles. The summed E-state index contributed by atoms with van der Waals surface area (Å²) in [5.41, 5.74) is 7.55. The second-order valence-electron chi connectivity index (χ2n) is 4.73. The summed E-state index contributed by atoms with van der Waals surface area (Å²) in [5, 5.41) is 7.86. The first-order valence-corrected chi connectivity index (χ1v) is 7.81. The van der Waals surface area contributed by atoms with Crippen molar-refractivity contribution in [2.75, 3.05) is 23.4 Å². The summed E-state index contributed by atoms with van der Waals surface area (Å²) in [6.45, 7) is 2.92. The van der Waals surface area contributed by atoms with E-state index in [2.05, 4.69) is 10.4 Å². The van der Waals surface area contributed by atoms with E-state index in [0.29, 0.717) is 4.99 Å². The van der Waals surface area contributed by atoms with E-state index in [4.69, 9.17) is 18.0 Å². The standard InChI is InChI=1S/C12H20N4S2/c1-8-10(11(13)17)12(16(2)15-8)14-7-9-3-5-18-6-4-9/h9,14H,3-7H2,1-2H3,(H2,13,17). The molecular formula is C12H20N4S2. The van der Waals surface area contributed by atoms with Crippen LogP contribution < -0.4 is 11.1 Å². The van der Waals surface area contributed by atoms with E-state index >= 15 is 0 Å². The minimum absolute atomic E-state index is 0.419. The highest BCUT2D eigenvalue weighted by Crippen LogP contribution is 2.24. The summed E-state index contributed by atoms with van der Waals surface area (Å²) in [6.07, 6.45) is 2.58. The number of rotatable bonds is 4. The average Bonchev–Trinajstić information content (AvgIpc) is 2.62. The number of anilines is 1. The van der Waals surface area contributed by atoms with Crippen LogP contribution in [-0.4, -0.2) is 32.8 Å². The Hall–Kier alpha value is -0.750. The van der Waals surface area contributed by atoms with E-state index < -0.39 is 0 Å². The van der Waals surface area contributed by atoms with Crippen molar-refractivity contribution in [1.29, 1.82) is 0 Å². The largest absolute Gasteiger partial charge is 0.389 e. The summed E-state index contributed by atoms with van der Waals surface area (Å²) in [5.74, 6) is 4.26. The zero-order valence-electron chi connectivity index (χ0n) is 10.9. The molecule has 0 spiro atoms. The van der Waals surface area contributed by atoms with E-state index in [1.54, 1.807) is 0 Å². The quantitative estimate of drug-likeness (QED) is 0.827. The van der Waals surface area contributed by atoms with Crippen LogP contribution in [0.4, 0.5) is 5.82 Å². The zero-order chi connectivity index (χ0) is 13.1. The van der Waals surface area contributed by atoms with Crippen molar-refractivity contribution in [1.82, 2.24) is 9.78 Å². The monoisotopic (exact) mass is 284 g/mol. The molecule has 1 aromatic rings. The molecule has 1 saturated heterocycles. The molecule has 1 aliphatic heterocycles. The molecule has 0 radical (unpaired) electrons. The van der Waals surface area contributed by atoms with Crippen LogP contribution in [0.3, 0.4) is 0 Å². The molecule has 0 saturated carbocycles. The molecule has 1 fully saturated rings. The topological polar surface area (TPSA) is 55.9 Å². The first-order chi connectivity index (χ1) is 8.59. The van der Waals surface area contributed by atoms with Gasteiger partial charge in [-0.25, -0.2) is 0 Å². The number of thiocarbonyl (C=S) groups is 1. The van der Waals surface area contributed by atoms with Crippen molar-refractivity contribution < 1.29 is 0 Å². The number of thioether (sulfide) groups is 1. The van der Waals surface area contributed by atoms with Gasteiger partial charge in [0.05, 0.1) is 11.3 Å². The maximum absolute atomic E-state index is 5.77. The van der Waals surface area contributed by atoms with Crippen LogP contribution in [0.1, 0.15) is 24.1 Å². The van der Waals surface area contributed by atoms with Gasteiger partial charge in [0.25, 0.3) is 0 Å². The third-order valence-electron chi connectivity index (χ3n) is 3.37. The maximum atomic E-state index is 5.77. The molecule has 2 heterocycles. The number of nitrogens with one attached hydrogen (secondary N) is 1. The Morgan fingerprint density at radius 1 is 1.56 bits per heavy atom. The van der Waals surface area contributed by atoms with Gasteiger partial charge in [0.2, 0.25) is 0 Å². The number of nitrogens with two attached hydrogens (primary N) is 1. The highest BCUT2D eigenvalue weighted by molar-refractivity contribution is 7.99. The molecule has 2 rings (SSSR count). The predicted molar refractivity (Wildman–Crippen MR) is 82.4 cm³/mol. The number of hydrogen-bond donors (Lipinski definition) is 2. The van der Waals surface area contributed by atoms with Gasteiger partial charge in [0.1, 0.15) is 10.8 Å². The minimum Gasteiger partial charge on any atom is -0.389 e. The van der Waals surface area contributed by atoms with Crippen LogP contribution in [0.2, 0.25) is 0 Å². The Morgan fingerprint density at radius 3 is 2.83 bits per heavy atom. The summed E-state index contributed by atoms with van der Waals surface area (Å²) in [7, 11) is 1.92. The highest BCUT2D eigenvalue weighted by atomic mass is 32.2. The van der Waals surface area contributed by atoms with Crippen molar-refractivity contribution in [3.63, 3.8) is 0 Å². The third kappa shape index (κ3) is 2.98. The average molecular weight is 284 g/mol. The van der Waals surface area contributed by atoms with Crippen LogP contribution >= 0.6 is 24.0 Å². The van der Waals surface area contributed by atoms with Gasteiger partial charge in [0.15, 0.2) is 0 Å². The minimum atomic E-state index is 0.419. The first kappa shape index (κ1) is 13.7. The molecule has 6 heteroatoms. The Bertz CT molecular complexity index is 436. The van der Waals surface area contributed by atoms with Gasteiger partial charge < -0.3 is 11.1 Å². The van der Waals surface area contributed by atoms with Crippen LogP contribution in [-0.2, 0) is 7.05 Å². The van der Waals surface area contributed by atoms with Gasteiger partial charge in [-0.3, -0.25) is 4.68 Å². The Labute approximate surface area is 118 Å². The van der Waals surface area contributed by atoms with Crippen molar-refractivity contribution in [3.8, 4) is 0 Å². The van der Waals surface area contributed by atoms with Gasteiger partial charge >= 0.3 is 0 Å². The number of aryl methyl sites for hydroxylation is 2. The van der Waals surface area contributed by atoms with E-state index in [9.17, 15) is 0 Å². The number of aromatic nitrogens is 2. The second kappa shape index (κ2) is 5.93. The van der Waals surface area contributed by atoms with Crippen LogP contribution in [0.15, 0.2) is 0 Å². The molecule has 0 aromatic carbocycles. The fourth-order valence-electron chi connectivity index (χ4n) is 2.35. The zero-order valence-corrected chi connectivity index (χ0v) is 12.5. The van der Waals surface area contributed by atoms with Gasteiger partial charge in [0, 0.05) is 13.6 Å². The van der Waals surface area contributed by atoms with Crippen molar-refractivity contribution in [3.05, 3.63) is 11.3 Å². The van der Waals surface area contributed by atoms with Crippen LogP contribution in [0, 0.1) is 12.8 Å². The van der Waals surface area contributed by atoms with Gasteiger partial charge in [-0.15, -0.1) is 0 Å². The van der Waals surface area contributed by atoms with Gasteiger partial charge in [-0.05, 0) is 37.2 Å². The SMILES string of the molecule is Cc1nn(C)c(NCC2CCSCC2)c1C(N)=S. The van der Waals surface area contributed by atoms with Crippen molar-refractivity contribution >= 4 is 34.8 Å². The fourth-order valence-corrected chi connectivity index (χ4v) is 3.80. The number of nitrogens with zero attached hydrogens (tertiary/aromatic N) is 2. The van der Waals surface area contributed by atoms with Gasteiger partial charge in [-0.2, -0.15) is 16.9 Å². The Morgan fingerprint density at radius 2 is 2.22 bits per heavy atom. The van der Waals surface area contributed by atoms with Crippen LogP contribution in [0.25, 0.3) is 0 Å². The molecule has 0 bridgehead atoms. The molecule has 0 amide bonds. The lowest BCUT2D eigenvalue weighted by atomic mass is 10.0. The van der Waals surface area contributed by atoms with Crippen LogP contribution in [0.5, 0.6) is 0 Å². The summed E-state index contributed by atoms with van der Waals surface area (Å²) >= 11 is 7.15. The fraction of sp³-hybridized carbons (Fsp3) is 0.667. The number of hydrogen-bond acceptors (Lipinski definition) is 4. The Balaban J connectivity index is 2.06. The molecule has 1 aromatic heterocycles. The summed E-state index contributed by atoms with van der Waals surface area (Å²) in [4.78, 5) is 0.419. The second-order valence-corrected chi connectivity index (χ2v) is 6.40. The molecule has 1 aliphatic rings. The molecule has 0 unspecified atom stereocenters. The van der Waals surface area contributed by atoms with E-state index in [0.717, 1.165) is 29.5 Å². The van der Waals surface area contributed by atoms with Crippen molar-refractivity contribution in [2.24, 2.45) is 18.7 Å². The highest BCUT2D eigenvalue weighted by Gasteiger charge is 2.18. The van der Waals surface area contributed by atoms with E-state index in [-0.39, 0.29) is 0 Å². The first-order valence-electron chi connectivity index (χ1n) is 6.24. The molecule has 18 heavy (non-hydrogen) atoms. The smallest absolute Gasteiger partial charge is 0.134 e. The molecule has 0 atom stereocenters. The molecule has 100 valence electrons. The predicted octanol–water partition coefficient (Wildman–Crippen LogP) is 1.92. The maximum Gasteiger partial charge on any atom is 0.134 e. The van der Waals surface area contributed by atoms with E-state index in [1.807, 2.05) is 30.4 Å². The van der Waals surface area contributed by atoms with E-state index in [1.165, 1.54) is 24.3 Å². The molecular weight excluding hydrogens is 264 g/mol. The third-order valence-corrected chi connectivity index (χ3v) is 4.62. The summed E-state index contributed by atoms with van der Waals surface area (Å²) in [6, 6.07) is 0. The van der Waals surface area contributed by atoms with Gasteiger partial charge in [-0.1, -0.05) is 12.2 Å². The molecule has 4 nitrogen and oxygen atoms in total. The summed E-state index contributed by atoms with van der Waals surface area (Å²) < 4.78 is 1.83. The normalized spacial score (nSPS) is 16.8. The molecule has 3 N–H and O–H groups in total. The Kier molecular flexibility index (Phi) is 4.50. The lowest BCUT2D eigenvalue weighted by Gasteiger charge is -2.22.